The zero-order valence-corrected chi connectivity index (χ0v) is 16.2. The number of fused-ring (bicyclic) bond motifs is 1. The Labute approximate surface area is 155 Å². The van der Waals surface area contributed by atoms with Crippen molar-refractivity contribution < 1.29 is 14.3 Å². The summed E-state index contributed by atoms with van der Waals surface area (Å²) >= 11 is 0. The molecule has 1 aromatic carbocycles. The van der Waals surface area contributed by atoms with E-state index in [2.05, 4.69) is 17.1 Å². The highest BCUT2D eigenvalue weighted by molar-refractivity contribution is 5.95. The van der Waals surface area contributed by atoms with Gasteiger partial charge in [0.2, 0.25) is 5.91 Å². The number of carbonyl (C=O) groups excluding carboxylic acids is 2. The number of likely N-dealkylation sites (N-methyl/N-ethyl adjacent to an activating group) is 1. The molecule has 26 heavy (non-hydrogen) atoms. The molecule has 0 spiro atoms. The molecule has 1 saturated carbocycles. The van der Waals surface area contributed by atoms with Crippen LogP contribution in [0.4, 0.5) is 5.69 Å². The topological polar surface area (TPSA) is 61.9 Å². The first-order valence-corrected chi connectivity index (χ1v) is 9.33. The first-order chi connectivity index (χ1) is 12.3. The smallest absolute Gasteiger partial charge is 0.253 e. The number of ether oxygens (including phenoxy) is 1. The Balaban J connectivity index is 1.64. The lowest BCUT2D eigenvalue weighted by atomic mass is 10.0. The SMILES string of the molecule is CCC1(CNC(=O)CC2COc3ccc(C(=O)N(C)C)cc3N2C)CC1. The molecular weight excluding hydrogens is 330 g/mol. The molecule has 1 heterocycles. The molecule has 1 aromatic rings. The molecule has 1 aliphatic heterocycles. The van der Waals surface area contributed by atoms with E-state index in [0.717, 1.165) is 24.4 Å². The van der Waals surface area contributed by atoms with E-state index < -0.39 is 0 Å². The number of nitrogens with zero attached hydrogens (tertiary/aromatic N) is 2. The molecule has 2 aliphatic rings. The van der Waals surface area contributed by atoms with E-state index in [-0.39, 0.29) is 17.9 Å². The molecule has 2 amide bonds. The molecule has 0 radical (unpaired) electrons. The number of anilines is 1. The van der Waals surface area contributed by atoms with Crippen LogP contribution in [0.1, 0.15) is 43.0 Å². The van der Waals surface area contributed by atoms with Gasteiger partial charge in [-0.3, -0.25) is 9.59 Å². The largest absolute Gasteiger partial charge is 0.489 e. The molecule has 6 heteroatoms. The van der Waals surface area contributed by atoms with Crippen molar-refractivity contribution in [2.75, 3.05) is 39.2 Å². The molecule has 0 aromatic heterocycles. The van der Waals surface area contributed by atoms with Crippen LogP contribution in [0.2, 0.25) is 0 Å². The molecule has 3 rings (SSSR count). The van der Waals surface area contributed by atoms with Gasteiger partial charge in [-0.05, 0) is 42.9 Å². The maximum Gasteiger partial charge on any atom is 0.253 e. The summed E-state index contributed by atoms with van der Waals surface area (Å²) in [5.41, 5.74) is 1.82. The minimum absolute atomic E-state index is 0.0380. The van der Waals surface area contributed by atoms with Gasteiger partial charge in [-0.15, -0.1) is 0 Å². The fourth-order valence-electron chi connectivity index (χ4n) is 3.40. The van der Waals surface area contributed by atoms with E-state index in [4.69, 9.17) is 4.74 Å². The first-order valence-electron chi connectivity index (χ1n) is 9.33. The molecule has 1 atom stereocenters. The van der Waals surface area contributed by atoms with E-state index >= 15 is 0 Å². The minimum Gasteiger partial charge on any atom is -0.489 e. The third kappa shape index (κ3) is 3.79. The summed E-state index contributed by atoms with van der Waals surface area (Å²) in [5, 5.41) is 3.09. The van der Waals surface area contributed by atoms with Crippen LogP contribution >= 0.6 is 0 Å². The molecule has 6 nitrogen and oxygen atoms in total. The lowest BCUT2D eigenvalue weighted by molar-refractivity contribution is -0.121. The summed E-state index contributed by atoms with van der Waals surface area (Å²) in [5.74, 6) is 0.770. The maximum atomic E-state index is 12.4. The fraction of sp³-hybridized carbons (Fsp3) is 0.600. The zero-order chi connectivity index (χ0) is 18.9. The summed E-state index contributed by atoms with van der Waals surface area (Å²) < 4.78 is 5.83. The Kier molecular flexibility index (Phi) is 5.12. The van der Waals surface area contributed by atoms with Gasteiger partial charge >= 0.3 is 0 Å². The van der Waals surface area contributed by atoms with Crippen LogP contribution in [0.5, 0.6) is 5.75 Å². The molecule has 1 N–H and O–H groups in total. The fourth-order valence-corrected chi connectivity index (χ4v) is 3.40. The van der Waals surface area contributed by atoms with Gasteiger partial charge in [-0.2, -0.15) is 0 Å². The van der Waals surface area contributed by atoms with Crippen molar-refractivity contribution in [1.29, 1.82) is 0 Å². The van der Waals surface area contributed by atoms with E-state index in [0.29, 0.717) is 24.0 Å². The third-order valence-corrected chi connectivity index (χ3v) is 5.76. The van der Waals surface area contributed by atoms with Crippen molar-refractivity contribution >= 4 is 17.5 Å². The van der Waals surface area contributed by atoms with Crippen LogP contribution in [-0.4, -0.2) is 57.1 Å². The second kappa shape index (κ2) is 7.17. The molecular formula is C20H29N3O3. The summed E-state index contributed by atoms with van der Waals surface area (Å²) in [4.78, 5) is 28.2. The molecule has 0 bridgehead atoms. The van der Waals surface area contributed by atoms with Gasteiger partial charge in [0.25, 0.3) is 5.91 Å². The summed E-state index contributed by atoms with van der Waals surface area (Å²) in [6.45, 7) is 3.43. The number of carbonyl (C=O) groups is 2. The van der Waals surface area contributed by atoms with E-state index in [1.165, 1.54) is 12.8 Å². The third-order valence-electron chi connectivity index (χ3n) is 5.76. The monoisotopic (exact) mass is 359 g/mol. The van der Waals surface area contributed by atoms with Crippen LogP contribution in [0.15, 0.2) is 18.2 Å². The van der Waals surface area contributed by atoms with E-state index in [1.807, 2.05) is 19.2 Å². The van der Waals surface area contributed by atoms with Crippen molar-refractivity contribution in [2.45, 2.75) is 38.6 Å². The van der Waals surface area contributed by atoms with Crippen LogP contribution < -0.4 is 15.0 Å². The predicted molar refractivity (Wildman–Crippen MR) is 102 cm³/mol. The van der Waals surface area contributed by atoms with Crippen LogP contribution in [-0.2, 0) is 4.79 Å². The number of amides is 2. The molecule has 142 valence electrons. The number of benzene rings is 1. The quantitative estimate of drug-likeness (QED) is 0.846. The van der Waals surface area contributed by atoms with Crippen molar-refractivity contribution in [1.82, 2.24) is 10.2 Å². The zero-order valence-electron chi connectivity index (χ0n) is 16.2. The number of hydrogen-bond donors (Lipinski definition) is 1. The van der Waals surface area contributed by atoms with Crippen LogP contribution in [0, 0.1) is 5.41 Å². The van der Waals surface area contributed by atoms with Crippen molar-refractivity contribution in [3.8, 4) is 5.75 Å². The Morgan fingerprint density at radius 1 is 1.35 bits per heavy atom. The normalized spacial score (nSPS) is 20.0. The van der Waals surface area contributed by atoms with Crippen molar-refractivity contribution in [3.63, 3.8) is 0 Å². The first kappa shape index (κ1) is 18.5. The van der Waals surface area contributed by atoms with Gasteiger partial charge in [0.1, 0.15) is 12.4 Å². The summed E-state index contributed by atoms with van der Waals surface area (Å²) in [7, 11) is 5.42. The van der Waals surface area contributed by atoms with Gasteiger partial charge < -0.3 is 19.9 Å². The van der Waals surface area contributed by atoms with Crippen LogP contribution in [0.3, 0.4) is 0 Å². The molecule has 1 fully saturated rings. The molecule has 0 saturated heterocycles. The highest BCUT2D eigenvalue weighted by atomic mass is 16.5. The molecule has 1 unspecified atom stereocenters. The number of hydrogen-bond acceptors (Lipinski definition) is 4. The van der Waals surface area contributed by atoms with Gasteiger partial charge in [0, 0.05) is 33.3 Å². The lowest BCUT2D eigenvalue weighted by Crippen LogP contribution is -2.44. The van der Waals surface area contributed by atoms with Crippen LogP contribution in [0.25, 0.3) is 0 Å². The lowest BCUT2D eigenvalue weighted by Gasteiger charge is -2.36. The summed E-state index contributed by atoms with van der Waals surface area (Å²) in [6, 6.07) is 5.42. The van der Waals surface area contributed by atoms with Crippen molar-refractivity contribution in [3.05, 3.63) is 23.8 Å². The summed E-state index contributed by atoms with van der Waals surface area (Å²) in [6.07, 6.45) is 3.94. The number of rotatable bonds is 6. The predicted octanol–water partition coefficient (Wildman–Crippen LogP) is 2.28. The second-order valence-corrected chi connectivity index (χ2v) is 7.79. The van der Waals surface area contributed by atoms with Gasteiger partial charge in [0.05, 0.1) is 18.2 Å². The van der Waals surface area contributed by atoms with Gasteiger partial charge in [-0.25, -0.2) is 0 Å². The second-order valence-electron chi connectivity index (χ2n) is 7.79. The average Bonchev–Trinajstić information content (AvgIpc) is 3.42. The number of nitrogens with one attached hydrogen (secondary N) is 1. The van der Waals surface area contributed by atoms with E-state index in [9.17, 15) is 9.59 Å². The maximum absolute atomic E-state index is 12.4. The Hall–Kier alpha value is -2.24. The highest BCUT2D eigenvalue weighted by Crippen LogP contribution is 2.47. The highest BCUT2D eigenvalue weighted by Gasteiger charge is 2.40. The standard InChI is InChI=1S/C20H29N3O3/c1-5-20(8-9-20)13-21-18(24)11-15-12-26-17-7-6-14(19(25)22(2)3)10-16(17)23(15)4/h6-7,10,15H,5,8-9,11-13H2,1-4H3,(H,21,24). The Morgan fingerprint density at radius 2 is 2.08 bits per heavy atom. The Morgan fingerprint density at radius 3 is 2.69 bits per heavy atom. The van der Waals surface area contributed by atoms with Gasteiger partial charge in [-0.1, -0.05) is 6.92 Å². The average molecular weight is 359 g/mol. The Bertz CT molecular complexity index is 698. The van der Waals surface area contributed by atoms with Gasteiger partial charge in [0.15, 0.2) is 0 Å². The van der Waals surface area contributed by atoms with E-state index in [1.54, 1.807) is 25.1 Å². The minimum atomic E-state index is -0.0460. The molecule has 1 aliphatic carbocycles. The van der Waals surface area contributed by atoms with Crippen molar-refractivity contribution in [2.24, 2.45) is 5.41 Å².